The molecule has 0 aliphatic heterocycles. The van der Waals surface area contributed by atoms with Crippen molar-refractivity contribution >= 4 is 23.7 Å². The summed E-state index contributed by atoms with van der Waals surface area (Å²) in [5.41, 5.74) is -1.59. The zero-order chi connectivity index (χ0) is 11.2. The summed E-state index contributed by atoms with van der Waals surface area (Å²) in [6, 6.07) is 0. The number of carboxylic acid groups (broad SMARTS) is 2. The van der Waals surface area contributed by atoms with Crippen molar-refractivity contribution < 1.29 is 19.8 Å². The molecular formula is C9H16O4S. The summed E-state index contributed by atoms with van der Waals surface area (Å²) in [6.07, 6.45) is 2.78. The SMILES string of the molecule is CCCC(CCSC)(C(=O)O)C(=O)O. The van der Waals surface area contributed by atoms with Gasteiger partial charge in [-0.2, -0.15) is 11.8 Å². The van der Waals surface area contributed by atoms with E-state index in [1.165, 1.54) is 11.8 Å². The minimum absolute atomic E-state index is 0.187. The second kappa shape index (κ2) is 5.90. The highest BCUT2D eigenvalue weighted by Gasteiger charge is 2.44. The van der Waals surface area contributed by atoms with Gasteiger partial charge in [-0.3, -0.25) is 9.59 Å². The van der Waals surface area contributed by atoms with E-state index in [9.17, 15) is 9.59 Å². The summed E-state index contributed by atoms with van der Waals surface area (Å²) in [6.45, 7) is 1.79. The molecule has 0 heterocycles. The minimum Gasteiger partial charge on any atom is -0.480 e. The van der Waals surface area contributed by atoms with Gasteiger partial charge >= 0.3 is 11.9 Å². The zero-order valence-electron chi connectivity index (χ0n) is 8.45. The van der Waals surface area contributed by atoms with Crippen molar-refractivity contribution in [3.8, 4) is 0 Å². The van der Waals surface area contributed by atoms with E-state index in [1.54, 1.807) is 6.92 Å². The van der Waals surface area contributed by atoms with E-state index >= 15 is 0 Å². The van der Waals surface area contributed by atoms with Gasteiger partial charge in [-0.05, 0) is 24.9 Å². The van der Waals surface area contributed by atoms with E-state index in [2.05, 4.69) is 0 Å². The standard InChI is InChI=1S/C9H16O4S/c1-3-4-9(7(10)11,8(12)13)5-6-14-2/h3-6H2,1-2H3,(H,10,11)(H,12,13). The van der Waals surface area contributed by atoms with Gasteiger partial charge in [0.25, 0.3) is 0 Å². The first-order valence-corrected chi connectivity index (χ1v) is 5.86. The Morgan fingerprint density at radius 2 is 1.71 bits per heavy atom. The lowest BCUT2D eigenvalue weighted by atomic mass is 9.81. The molecule has 0 aromatic heterocycles. The van der Waals surface area contributed by atoms with Gasteiger partial charge in [0.15, 0.2) is 5.41 Å². The molecule has 0 unspecified atom stereocenters. The number of carboxylic acids is 2. The van der Waals surface area contributed by atoms with Crippen molar-refractivity contribution in [3.63, 3.8) is 0 Å². The summed E-state index contributed by atoms with van der Waals surface area (Å²) in [5.74, 6) is -1.89. The van der Waals surface area contributed by atoms with Crippen molar-refractivity contribution in [1.82, 2.24) is 0 Å². The predicted molar refractivity (Wildman–Crippen MR) is 55.6 cm³/mol. The lowest BCUT2D eigenvalue weighted by Gasteiger charge is -2.23. The first-order valence-electron chi connectivity index (χ1n) is 4.47. The summed E-state index contributed by atoms with van der Waals surface area (Å²) in [4.78, 5) is 21.9. The number of carbonyl (C=O) groups is 2. The van der Waals surface area contributed by atoms with E-state index in [4.69, 9.17) is 10.2 Å². The van der Waals surface area contributed by atoms with E-state index in [0.29, 0.717) is 12.2 Å². The largest absolute Gasteiger partial charge is 0.480 e. The van der Waals surface area contributed by atoms with Crippen LogP contribution < -0.4 is 0 Å². The lowest BCUT2D eigenvalue weighted by molar-refractivity contribution is -0.165. The molecule has 4 nitrogen and oxygen atoms in total. The second-order valence-corrected chi connectivity index (χ2v) is 4.17. The average molecular weight is 220 g/mol. The summed E-state index contributed by atoms with van der Waals surface area (Å²) >= 11 is 1.46. The van der Waals surface area contributed by atoms with Crippen LogP contribution in [-0.4, -0.2) is 34.2 Å². The number of thioether (sulfide) groups is 1. The Balaban J connectivity index is 4.75. The Kier molecular flexibility index (Phi) is 5.60. The Morgan fingerprint density at radius 3 is 2.00 bits per heavy atom. The zero-order valence-corrected chi connectivity index (χ0v) is 9.26. The van der Waals surface area contributed by atoms with Crippen LogP contribution in [0.1, 0.15) is 26.2 Å². The molecule has 0 fully saturated rings. The van der Waals surface area contributed by atoms with Crippen LogP contribution in [0.4, 0.5) is 0 Å². The molecule has 0 rings (SSSR count). The molecule has 0 bridgehead atoms. The van der Waals surface area contributed by atoms with Crippen LogP contribution in [0.2, 0.25) is 0 Å². The van der Waals surface area contributed by atoms with E-state index < -0.39 is 17.4 Å². The summed E-state index contributed by atoms with van der Waals surface area (Å²) in [7, 11) is 0. The molecule has 0 radical (unpaired) electrons. The van der Waals surface area contributed by atoms with Gasteiger partial charge in [-0.25, -0.2) is 0 Å². The molecule has 14 heavy (non-hydrogen) atoms. The van der Waals surface area contributed by atoms with Crippen LogP contribution >= 0.6 is 11.8 Å². The third-order valence-corrected chi connectivity index (χ3v) is 2.84. The monoisotopic (exact) mass is 220 g/mol. The third kappa shape index (κ3) is 2.90. The maximum atomic E-state index is 11.0. The number of hydrogen-bond acceptors (Lipinski definition) is 3. The quantitative estimate of drug-likeness (QED) is 0.639. The van der Waals surface area contributed by atoms with Gasteiger partial charge in [0, 0.05) is 0 Å². The fraction of sp³-hybridized carbons (Fsp3) is 0.778. The molecule has 0 aromatic carbocycles. The lowest BCUT2D eigenvalue weighted by Crippen LogP contribution is -2.39. The summed E-state index contributed by atoms with van der Waals surface area (Å²) < 4.78 is 0. The molecule has 0 atom stereocenters. The second-order valence-electron chi connectivity index (χ2n) is 3.19. The first-order chi connectivity index (χ1) is 6.51. The molecule has 82 valence electrons. The van der Waals surface area contributed by atoms with E-state index in [-0.39, 0.29) is 12.8 Å². The molecular weight excluding hydrogens is 204 g/mol. The first kappa shape index (κ1) is 13.3. The van der Waals surface area contributed by atoms with Gasteiger partial charge in [0.05, 0.1) is 0 Å². The molecule has 0 saturated heterocycles. The van der Waals surface area contributed by atoms with Crippen LogP contribution in [0.5, 0.6) is 0 Å². The predicted octanol–water partition coefficient (Wildman–Crippen LogP) is 1.70. The van der Waals surface area contributed by atoms with Crippen molar-refractivity contribution in [2.45, 2.75) is 26.2 Å². The van der Waals surface area contributed by atoms with Crippen molar-refractivity contribution in [1.29, 1.82) is 0 Å². The Bertz CT molecular complexity index is 201. The molecule has 0 spiro atoms. The van der Waals surface area contributed by atoms with Crippen LogP contribution in [0.25, 0.3) is 0 Å². The number of rotatable bonds is 7. The molecule has 0 aliphatic rings. The molecule has 5 heteroatoms. The highest BCUT2D eigenvalue weighted by atomic mass is 32.2. The Labute approximate surface area is 87.7 Å². The van der Waals surface area contributed by atoms with Crippen LogP contribution in [0, 0.1) is 5.41 Å². The van der Waals surface area contributed by atoms with Gasteiger partial charge in [-0.1, -0.05) is 13.3 Å². The molecule has 2 N–H and O–H groups in total. The number of hydrogen-bond donors (Lipinski definition) is 2. The van der Waals surface area contributed by atoms with Gasteiger partial charge < -0.3 is 10.2 Å². The van der Waals surface area contributed by atoms with Crippen LogP contribution in [0.15, 0.2) is 0 Å². The van der Waals surface area contributed by atoms with Gasteiger partial charge in [-0.15, -0.1) is 0 Å². The fourth-order valence-electron chi connectivity index (χ4n) is 1.35. The minimum atomic E-state index is -1.59. The van der Waals surface area contributed by atoms with Gasteiger partial charge in [0.2, 0.25) is 0 Å². The van der Waals surface area contributed by atoms with E-state index in [1.807, 2.05) is 6.26 Å². The number of aliphatic carboxylic acids is 2. The molecule has 0 aromatic rings. The van der Waals surface area contributed by atoms with Crippen molar-refractivity contribution in [2.75, 3.05) is 12.0 Å². The topological polar surface area (TPSA) is 74.6 Å². The maximum Gasteiger partial charge on any atom is 0.321 e. The Hall–Kier alpha value is -0.710. The normalized spacial score (nSPS) is 11.3. The fourth-order valence-corrected chi connectivity index (χ4v) is 1.90. The van der Waals surface area contributed by atoms with E-state index in [0.717, 1.165) is 0 Å². The summed E-state index contributed by atoms with van der Waals surface area (Å²) in [5, 5.41) is 17.9. The third-order valence-electron chi connectivity index (χ3n) is 2.23. The smallest absolute Gasteiger partial charge is 0.321 e. The molecule has 0 saturated carbocycles. The van der Waals surface area contributed by atoms with Crippen molar-refractivity contribution in [2.24, 2.45) is 5.41 Å². The molecule has 0 aliphatic carbocycles. The highest BCUT2D eigenvalue weighted by Crippen LogP contribution is 2.30. The molecule has 0 amide bonds. The van der Waals surface area contributed by atoms with Crippen LogP contribution in [-0.2, 0) is 9.59 Å². The maximum absolute atomic E-state index is 11.0. The van der Waals surface area contributed by atoms with Crippen LogP contribution in [0.3, 0.4) is 0 Å². The highest BCUT2D eigenvalue weighted by molar-refractivity contribution is 7.98. The van der Waals surface area contributed by atoms with Gasteiger partial charge in [0.1, 0.15) is 0 Å². The van der Waals surface area contributed by atoms with Crippen molar-refractivity contribution in [3.05, 3.63) is 0 Å². The Morgan fingerprint density at radius 1 is 1.21 bits per heavy atom. The average Bonchev–Trinajstić information content (AvgIpc) is 2.11.